The fourth-order valence-corrected chi connectivity index (χ4v) is 5.95. The fourth-order valence-electron chi connectivity index (χ4n) is 5.95. The number of esters is 4. The van der Waals surface area contributed by atoms with Gasteiger partial charge >= 0.3 is 23.9 Å². The van der Waals surface area contributed by atoms with Crippen LogP contribution >= 0.6 is 0 Å². The number of carbonyl (C=O) groups excluding carboxylic acids is 4. The average molecular weight is 541 g/mol. The molecular formula is C32H28O8. The Morgan fingerprint density at radius 2 is 1.48 bits per heavy atom. The van der Waals surface area contributed by atoms with Crippen molar-refractivity contribution in [2.75, 3.05) is 28.4 Å². The summed E-state index contributed by atoms with van der Waals surface area (Å²) in [5, 5.41) is 0. The first kappa shape index (κ1) is 26.9. The molecule has 0 bridgehead atoms. The fraction of sp³-hybridized carbons (Fsp3) is 0.250. The lowest BCUT2D eigenvalue weighted by Gasteiger charge is -2.35. The van der Waals surface area contributed by atoms with Crippen LogP contribution in [0.2, 0.25) is 0 Å². The maximum Gasteiger partial charge on any atom is 0.338 e. The first-order valence-electron chi connectivity index (χ1n) is 12.7. The summed E-state index contributed by atoms with van der Waals surface area (Å²) in [6, 6.07) is 11.4. The summed E-state index contributed by atoms with van der Waals surface area (Å²) in [7, 11) is 5.12. The van der Waals surface area contributed by atoms with Crippen molar-refractivity contribution in [2.45, 2.75) is 12.3 Å². The number of hydrogen-bond donors (Lipinski definition) is 0. The minimum Gasteiger partial charge on any atom is -0.466 e. The summed E-state index contributed by atoms with van der Waals surface area (Å²) >= 11 is 0. The molecule has 5 aliphatic carbocycles. The summed E-state index contributed by atoms with van der Waals surface area (Å²) in [5.41, 5.74) is 6.02. The minimum absolute atomic E-state index is 0.0968. The number of allylic oxidation sites excluding steroid dienone is 6. The third kappa shape index (κ3) is 4.35. The Labute approximate surface area is 231 Å². The van der Waals surface area contributed by atoms with Crippen LogP contribution in [0.5, 0.6) is 0 Å². The van der Waals surface area contributed by atoms with Crippen molar-refractivity contribution in [1.29, 1.82) is 0 Å². The molecule has 40 heavy (non-hydrogen) atoms. The van der Waals surface area contributed by atoms with Crippen molar-refractivity contribution in [3.05, 3.63) is 100 Å². The third-order valence-electron chi connectivity index (χ3n) is 7.78. The van der Waals surface area contributed by atoms with Crippen LogP contribution in [-0.4, -0.2) is 52.3 Å². The molecule has 0 spiro atoms. The Balaban J connectivity index is 1.56. The van der Waals surface area contributed by atoms with Crippen LogP contribution in [0.25, 0.3) is 16.7 Å². The number of rotatable bonds is 6. The van der Waals surface area contributed by atoms with E-state index < -0.39 is 23.9 Å². The highest BCUT2D eigenvalue weighted by molar-refractivity contribution is 6.22. The van der Waals surface area contributed by atoms with Crippen LogP contribution in [0.1, 0.15) is 23.5 Å². The molecule has 0 fully saturated rings. The molecule has 0 amide bonds. The average Bonchev–Trinajstić information content (AvgIpc) is 3.22. The van der Waals surface area contributed by atoms with E-state index in [1.54, 1.807) is 0 Å². The van der Waals surface area contributed by atoms with Gasteiger partial charge in [0.25, 0.3) is 0 Å². The molecule has 0 radical (unpaired) electrons. The Bertz CT molecular complexity index is 1550. The monoisotopic (exact) mass is 540 g/mol. The van der Waals surface area contributed by atoms with Crippen molar-refractivity contribution in [1.82, 2.24) is 0 Å². The lowest BCUT2D eigenvalue weighted by Crippen LogP contribution is -2.37. The first-order valence-corrected chi connectivity index (χ1v) is 12.7. The number of ether oxygens (including phenoxy) is 4. The maximum atomic E-state index is 12.7. The highest BCUT2D eigenvalue weighted by Gasteiger charge is 2.52. The van der Waals surface area contributed by atoms with Crippen LogP contribution in [0.4, 0.5) is 0 Å². The summed E-state index contributed by atoms with van der Waals surface area (Å²) in [6.45, 7) is 0. The molecule has 8 nitrogen and oxygen atoms in total. The Morgan fingerprint density at radius 3 is 2.15 bits per heavy atom. The lowest BCUT2D eigenvalue weighted by atomic mass is 9.67. The number of methoxy groups -OCH3 is 4. The molecule has 0 aromatic heterocycles. The predicted octanol–water partition coefficient (Wildman–Crippen LogP) is 4.32. The molecule has 0 aliphatic heterocycles. The van der Waals surface area contributed by atoms with E-state index in [0.29, 0.717) is 23.1 Å². The molecule has 0 saturated carbocycles. The van der Waals surface area contributed by atoms with Crippen LogP contribution in [-0.2, 0) is 38.1 Å². The van der Waals surface area contributed by atoms with Crippen LogP contribution < -0.4 is 0 Å². The van der Waals surface area contributed by atoms with Gasteiger partial charge in [-0.1, -0.05) is 54.6 Å². The lowest BCUT2D eigenvalue weighted by molar-refractivity contribution is -0.142. The molecule has 0 unspecified atom stereocenters. The highest BCUT2D eigenvalue weighted by atomic mass is 16.5. The Morgan fingerprint density at radius 1 is 0.800 bits per heavy atom. The van der Waals surface area contributed by atoms with E-state index in [1.165, 1.54) is 28.4 Å². The van der Waals surface area contributed by atoms with E-state index in [9.17, 15) is 19.2 Å². The van der Waals surface area contributed by atoms with Crippen molar-refractivity contribution >= 4 is 29.5 Å². The van der Waals surface area contributed by atoms with E-state index in [1.807, 2.05) is 54.6 Å². The molecule has 0 saturated heterocycles. The molecule has 5 rings (SSSR count). The second kappa shape index (κ2) is 10.8. The summed E-state index contributed by atoms with van der Waals surface area (Å²) < 4.78 is 19.7. The number of hydrogen-bond acceptors (Lipinski definition) is 8. The molecule has 0 heterocycles. The van der Waals surface area contributed by atoms with Crippen molar-refractivity contribution in [2.24, 2.45) is 11.8 Å². The van der Waals surface area contributed by atoms with E-state index in [4.69, 9.17) is 18.9 Å². The van der Waals surface area contributed by atoms with Gasteiger partial charge in [-0.3, -0.25) is 0 Å². The summed E-state index contributed by atoms with van der Waals surface area (Å²) in [6.07, 6.45) is 9.90. The number of carbonyl (C=O) groups is 4. The van der Waals surface area contributed by atoms with Gasteiger partial charge in [-0.25, -0.2) is 19.2 Å². The maximum absolute atomic E-state index is 12.7. The van der Waals surface area contributed by atoms with Gasteiger partial charge in [-0.2, -0.15) is 0 Å². The van der Waals surface area contributed by atoms with Crippen molar-refractivity contribution in [3.8, 4) is 11.1 Å². The molecular weight excluding hydrogens is 512 g/mol. The summed E-state index contributed by atoms with van der Waals surface area (Å²) in [4.78, 5) is 49.9. The Hall–Kier alpha value is -4.72. The van der Waals surface area contributed by atoms with Gasteiger partial charge in [0.15, 0.2) is 0 Å². The van der Waals surface area contributed by atoms with E-state index in [0.717, 1.165) is 33.9 Å². The van der Waals surface area contributed by atoms with Gasteiger partial charge in [-0.05, 0) is 45.9 Å². The largest absolute Gasteiger partial charge is 0.466 e. The smallest absolute Gasteiger partial charge is 0.338 e. The molecule has 0 aromatic rings. The predicted molar refractivity (Wildman–Crippen MR) is 146 cm³/mol. The van der Waals surface area contributed by atoms with Crippen LogP contribution in [0, 0.1) is 11.8 Å². The highest BCUT2D eigenvalue weighted by Crippen LogP contribution is 2.56. The zero-order chi connectivity index (χ0) is 28.6. The van der Waals surface area contributed by atoms with Gasteiger partial charge in [0, 0.05) is 23.8 Å². The third-order valence-corrected chi connectivity index (χ3v) is 7.78. The number of fused-ring (bicyclic) bond motifs is 3. The van der Waals surface area contributed by atoms with Gasteiger partial charge < -0.3 is 18.9 Å². The van der Waals surface area contributed by atoms with Crippen molar-refractivity contribution < 1.29 is 38.1 Å². The molecule has 3 atom stereocenters. The SMILES string of the molecule is COC(=O)/C=C(/C(=O)OC)c1cc([C@@H]2C=CC3=C(C=C2)[C@H]2C(C(=O)OC)=C(C(=O)OC)[C@H]2C3)c2cccccc1-2. The van der Waals surface area contributed by atoms with Gasteiger partial charge in [-0.15, -0.1) is 0 Å². The van der Waals surface area contributed by atoms with Gasteiger partial charge in [0.05, 0.1) is 45.2 Å². The van der Waals surface area contributed by atoms with E-state index >= 15 is 0 Å². The zero-order valence-electron chi connectivity index (χ0n) is 22.6. The molecule has 0 N–H and O–H groups in total. The van der Waals surface area contributed by atoms with Crippen LogP contribution in [0.15, 0.2) is 89.1 Å². The molecule has 5 aliphatic rings. The topological polar surface area (TPSA) is 105 Å². The Kier molecular flexibility index (Phi) is 7.26. The molecule has 0 aromatic carbocycles. The molecule has 8 heteroatoms. The van der Waals surface area contributed by atoms with E-state index in [-0.39, 0.29) is 23.3 Å². The second-order valence-electron chi connectivity index (χ2n) is 9.65. The van der Waals surface area contributed by atoms with Crippen LogP contribution in [0.3, 0.4) is 0 Å². The van der Waals surface area contributed by atoms with Crippen molar-refractivity contribution in [3.63, 3.8) is 0 Å². The minimum atomic E-state index is -0.665. The van der Waals surface area contributed by atoms with Gasteiger partial charge in [0.1, 0.15) is 0 Å². The quantitative estimate of drug-likeness (QED) is 0.303. The van der Waals surface area contributed by atoms with E-state index in [2.05, 4.69) is 6.08 Å². The van der Waals surface area contributed by atoms with Gasteiger partial charge in [0.2, 0.25) is 0 Å². The second-order valence-corrected chi connectivity index (χ2v) is 9.65. The summed E-state index contributed by atoms with van der Waals surface area (Å²) in [5.74, 6) is -2.89. The molecule has 204 valence electrons. The first-order chi connectivity index (χ1) is 19.3. The standard InChI is InChI=1S/C32H28O8/c1-37-26(33)16-24(30(34)38-2)23-15-22(20-8-6-5-7-9-21(20)23)17-10-11-18-14-25-27(19(18)13-12-17)29(32(36)40-4)28(25)31(35)39-3/h5-13,15-17,25,27H,14H2,1-4H3/b24-16+/t17-,25+,27-/m1/s1. The zero-order valence-corrected chi connectivity index (χ0v) is 22.6. The normalized spacial score (nSPS) is 21.3.